The molecule has 2 heterocycles. The molecule has 3 rings (SSSR count). The number of nitrogens with zero attached hydrogens (tertiary/aromatic N) is 3. The van der Waals surface area contributed by atoms with E-state index in [0.29, 0.717) is 23.2 Å². The van der Waals surface area contributed by atoms with E-state index < -0.39 is 18.2 Å². The Morgan fingerprint density at radius 3 is 2.43 bits per heavy atom. The lowest BCUT2D eigenvalue weighted by Gasteiger charge is -2.16. The minimum absolute atomic E-state index is 0.138. The van der Waals surface area contributed by atoms with Crippen molar-refractivity contribution < 1.29 is 17.9 Å². The van der Waals surface area contributed by atoms with E-state index in [2.05, 4.69) is 9.84 Å². The quantitative estimate of drug-likeness (QED) is 0.633. The van der Waals surface area contributed by atoms with E-state index in [0.717, 1.165) is 17.3 Å². The number of ether oxygens (including phenoxy) is 1. The summed E-state index contributed by atoms with van der Waals surface area (Å²) in [4.78, 5) is 13.2. The monoisotopic (exact) mass is 393 g/mol. The molecule has 0 aliphatic rings. The van der Waals surface area contributed by atoms with Crippen LogP contribution in [0, 0.1) is 19.7 Å². The van der Waals surface area contributed by atoms with Gasteiger partial charge in [-0.1, -0.05) is 13.8 Å². The first-order valence-electron chi connectivity index (χ1n) is 9.04. The first kappa shape index (κ1) is 20.0. The summed E-state index contributed by atoms with van der Waals surface area (Å²) >= 11 is 0. The van der Waals surface area contributed by atoms with Crippen LogP contribution in [0.15, 0.2) is 23.0 Å². The van der Waals surface area contributed by atoms with Crippen molar-refractivity contribution in [3.8, 4) is 17.1 Å². The van der Waals surface area contributed by atoms with Crippen molar-refractivity contribution in [2.75, 3.05) is 0 Å². The first-order chi connectivity index (χ1) is 13.1. The lowest BCUT2D eigenvalue weighted by molar-refractivity contribution is -0.0522. The van der Waals surface area contributed by atoms with E-state index in [1.54, 1.807) is 18.4 Å². The molecule has 3 aromatic rings. The zero-order valence-electron chi connectivity index (χ0n) is 16.4. The zero-order valence-corrected chi connectivity index (χ0v) is 16.4. The van der Waals surface area contributed by atoms with Gasteiger partial charge in [-0.15, -0.1) is 5.10 Å². The topological polar surface area (TPSA) is 48.5 Å². The third-order valence-corrected chi connectivity index (χ3v) is 4.76. The van der Waals surface area contributed by atoms with Crippen LogP contribution < -0.4 is 10.3 Å². The molecule has 0 spiro atoms. The summed E-state index contributed by atoms with van der Waals surface area (Å²) in [7, 11) is 0. The molecule has 5 nitrogen and oxygen atoms in total. The van der Waals surface area contributed by atoms with E-state index >= 15 is 0 Å². The molecule has 0 amide bonds. The highest BCUT2D eigenvalue weighted by Crippen LogP contribution is 2.30. The number of hydrogen-bond acceptors (Lipinski definition) is 3. The molecule has 0 bridgehead atoms. The molecule has 0 saturated carbocycles. The van der Waals surface area contributed by atoms with Gasteiger partial charge in [0.05, 0.1) is 0 Å². The van der Waals surface area contributed by atoms with Crippen molar-refractivity contribution in [2.45, 2.75) is 53.7 Å². The fourth-order valence-electron chi connectivity index (χ4n) is 3.38. The molecule has 0 aliphatic heterocycles. The maximum Gasteiger partial charge on any atom is 0.387 e. The maximum absolute atomic E-state index is 14.3. The third-order valence-electron chi connectivity index (χ3n) is 4.76. The van der Waals surface area contributed by atoms with Gasteiger partial charge in [-0.25, -0.2) is 8.91 Å². The van der Waals surface area contributed by atoms with Crippen LogP contribution in [0.4, 0.5) is 13.2 Å². The van der Waals surface area contributed by atoms with Crippen molar-refractivity contribution in [3.63, 3.8) is 0 Å². The van der Waals surface area contributed by atoms with Crippen LogP contribution in [-0.2, 0) is 6.54 Å². The molecular formula is C20H22F3N3O2. The van der Waals surface area contributed by atoms with Gasteiger partial charge in [0.2, 0.25) is 0 Å². The number of halogens is 3. The fourth-order valence-corrected chi connectivity index (χ4v) is 3.38. The van der Waals surface area contributed by atoms with Crippen LogP contribution in [0.25, 0.3) is 16.9 Å². The molecular weight excluding hydrogens is 371 g/mol. The van der Waals surface area contributed by atoms with Gasteiger partial charge in [0.1, 0.15) is 5.52 Å². The maximum atomic E-state index is 14.3. The molecule has 28 heavy (non-hydrogen) atoms. The second kappa shape index (κ2) is 7.33. The van der Waals surface area contributed by atoms with E-state index in [4.69, 9.17) is 0 Å². The molecule has 0 radical (unpaired) electrons. The van der Waals surface area contributed by atoms with E-state index in [-0.39, 0.29) is 17.3 Å². The van der Waals surface area contributed by atoms with Gasteiger partial charge in [0.25, 0.3) is 5.56 Å². The van der Waals surface area contributed by atoms with Gasteiger partial charge in [0, 0.05) is 17.8 Å². The number of rotatable bonds is 5. The van der Waals surface area contributed by atoms with Gasteiger partial charge in [-0.05, 0) is 56.0 Å². The van der Waals surface area contributed by atoms with Crippen LogP contribution >= 0.6 is 0 Å². The molecule has 0 fully saturated rings. The minimum atomic E-state index is -3.12. The predicted octanol–water partition coefficient (Wildman–Crippen LogP) is 4.66. The molecule has 0 unspecified atom stereocenters. The highest BCUT2D eigenvalue weighted by atomic mass is 19.3. The number of aromatic nitrogens is 3. The van der Waals surface area contributed by atoms with Crippen LogP contribution in [-0.4, -0.2) is 20.8 Å². The summed E-state index contributed by atoms with van der Waals surface area (Å²) in [5.74, 6) is -1.07. The van der Waals surface area contributed by atoms with Gasteiger partial charge < -0.3 is 4.74 Å². The Bertz CT molecular complexity index is 1100. The second-order valence-corrected chi connectivity index (χ2v) is 7.01. The summed E-state index contributed by atoms with van der Waals surface area (Å²) < 4.78 is 46.5. The highest BCUT2D eigenvalue weighted by molar-refractivity contribution is 5.65. The summed E-state index contributed by atoms with van der Waals surface area (Å²) in [5, 5.41) is 4.60. The molecule has 0 N–H and O–H groups in total. The number of aryl methyl sites for hydroxylation is 2. The Hall–Kier alpha value is -2.77. The highest BCUT2D eigenvalue weighted by Gasteiger charge is 2.21. The molecule has 2 aromatic heterocycles. The average molecular weight is 393 g/mol. The van der Waals surface area contributed by atoms with Crippen molar-refractivity contribution in [1.82, 2.24) is 14.2 Å². The lowest BCUT2D eigenvalue weighted by Crippen LogP contribution is -2.26. The van der Waals surface area contributed by atoms with Crippen molar-refractivity contribution in [2.24, 2.45) is 0 Å². The van der Waals surface area contributed by atoms with Crippen molar-refractivity contribution in [1.29, 1.82) is 0 Å². The summed E-state index contributed by atoms with van der Waals surface area (Å²) in [6.07, 6.45) is 0. The van der Waals surface area contributed by atoms with E-state index in [1.165, 1.54) is 10.6 Å². The average Bonchev–Trinajstić information content (AvgIpc) is 2.95. The Morgan fingerprint density at radius 2 is 1.86 bits per heavy atom. The van der Waals surface area contributed by atoms with Crippen LogP contribution in [0.5, 0.6) is 5.75 Å². The molecule has 1 aromatic carbocycles. The third kappa shape index (κ3) is 3.27. The van der Waals surface area contributed by atoms with Gasteiger partial charge in [-0.2, -0.15) is 8.78 Å². The second-order valence-electron chi connectivity index (χ2n) is 7.01. The van der Waals surface area contributed by atoms with E-state index in [9.17, 15) is 18.0 Å². The summed E-state index contributed by atoms with van der Waals surface area (Å²) in [5.41, 5.74) is 2.77. The number of benzene rings is 1. The zero-order chi connectivity index (χ0) is 20.7. The molecule has 8 heteroatoms. The van der Waals surface area contributed by atoms with Gasteiger partial charge in [-0.3, -0.25) is 9.36 Å². The van der Waals surface area contributed by atoms with Crippen LogP contribution in [0.3, 0.4) is 0 Å². The standard InChI is InChI=1S/C20H22F3N3O2/c1-6-25-18(14-9-15(21)16(7-11(14)4)28-20(22)23)24-26-12(5)8-13(10(2)3)17(26)19(25)27/h7-10,20H,6H2,1-5H3. The van der Waals surface area contributed by atoms with Crippen LogP contribution in [0.2, 0.25) is 0 Å². The fraction of sp³-hybridized carbons (Fsp3) is 0.400. The molecule has 0 atom stereocenters. The lowest BCUT2D eigenvalue weighted by atomic mass is 10.0. The minimum Gasteiger partial charge on any atom is -0.432 e. The van der Waals surface area contributed by atoms with Gasteiger partial charge >= 0.3 is 6.61 Å². The van der Waals surface area contributed by atoms with Gasteiger partial charge in [0.15, 0.2) is 17.4 Å². The Kier molecular flexibility index (Phi) is 5.23. The smallest absolute Gasteiger partial charge is 0.387 e. The largest absolute Gasteiger partial charge is 0.432 e. The Labute approximate surface area is 160 Å². The number of fused-ring (bicyclic) bond motifs is 1. The molecule has 0 aliphatic carbocycles. The normalized spacial score (nSPS) is 11.8. The van der Waals surface area contributed by atoms with Crippen molar-refractivity contribution >= 4 is 5.52 Å². The molecule has 150 valence electrons. The number of alkyl halides is 2. The van der Waals surface area contributed by atoms with Crippen molar-refractivity contribution in [3.05, 3.63) is 51.2 Å². The van der Waals surface area contributed by atoms with Crippen LogP contribution in [0.1, 0.15) is 43.5 Å². The number of hydrogen-bond donors (Lipinski definition) is 0. The van der Waals surface area contributed by atoms with E-state index in [1.807, 2.05) is 26.8 Å². The Balaban J connectivity index is 2.31. The predicted molar refractivity (Wildman–Crippen MR) is 101 cm³/mol. The molecule has 0 saturated heterocycles. The Morgan fingerprint density at radius 1 is 1.18 bits per heavy atom. The SMILES string of the molecule is CCn1c(-c2cc(F)c(OC(F)F)cc2C)nn2c(C)cc(C(C)C)c2c1=O. The summed E-state index contributed by atoms with van der Waals surface area (Å²) in [6, 6.07) is 4.19. The summed E-state index contributed by atoms with van der Waals surface area (Å²) in [6.45, 7) is 6.48. The first-order valence-corrected chi connectivity index (χ1v) is 9.04.